The first-order chi connectivity index (χ1) is 15.1. The van der Waals surface area contributed by atoms with Gasteiger partial charge in [0.25, 0.3) is 11.5 Å². The lowest BCUT2D eigenvalue weighted by atomic mass is 9.98. The van der Waals surface area contributed by atoms with Gasteiger partial charge in [0, 0.05) is 24.0 Å². The lowest BCUT2D eigenvalue weighted by molar-refractivity contribution is -0.142. The SMILES string of the molecule is CCc1cc(C(F)(F)F)n2nc([C@H]3CCCCN3C(=O)c3cc(C)c(C)[nH]c3=O)cc2n1. The number of aromatic amines is 1. The Bertz CT molecular complexity index is 1240. The second kappa shape index (κ2) is 8.07. The molecule has 1 N–H and O–H groups in total. The molecule has 0 spiro atoms. The molecule has 7 nitrogen and oxygen atoms in total. The van der Waals surface area contributed by atoms with E-state index in [9.17, 15) is 22.8 Å². The summed E-state index contributed by atoms with van der Waals surface area (Å²) in [5.74, 6) is -0.450. The van der Waals surface area contributed by atoms with Crippen LogP contribution in [0.5, 0.6) is 0 Å². The molecular weight excluding hydrogens is 423 g/mol. The number of alkyl halides is 3. The van der Waals surface area contributed by atoms with Crippen molar-refractivity contribution in [3.05, 3.63) is 62.5 Å². The highest BCUT2D eigenvalue weighted by molar-refractivity contribution is 5.94. The summed E-state index contributed by atoms with van der Waals surface area (Å²) in [4.78, 5) is 34.2. The number of H-pyrrole nitrogens is 1. The topological polar surface area (TPSA) is 83.4 Å². The number of likely N-dealkylation sites (tertiary alicyclic amines) is 1. The Labute approximate surface area is 182 Å². The lowest BCUT2D eigenvalue weighted by Gasteiger charge is -2.34. The summed E-state index contributed by atoms with van der Waals surface area (Å²) in [6.07, 6.45) is -2.16. The summed E-state index contributed by atoms with van der Waals surface area (Å²) in [7, 11) is 0. The number of carbonyl (C=O) groups is 1. The molecule has 0 aromatic carbocycles. The number of fused-ring (bicyclic) bond motifs is 1. The van der Waals surface area contributed by atoms with Crippen molar-refractivity contribution in [3.8, 4) is 0 Å². The second-order valence-electron chi connectivity index (χ2n) is 8.15. The van der Waals surface area contributed by atoms with Crippen molar-refractivity contribution in [3.63, 3.8) is 0 Å². The van der Waals surface area contributed by atoms with Crippen LogP contribution in [-0.2, 0) is 12.6 Å². The predicted octanol–water partition coefficient (Wildman–Crippen LogP) is 3.98. The fourth-order valence-corrected chi connectivity index (χ4v) is 4.11. The number of nitrogens with one attached hydrogen (secondary N) is 1. The van der Waals surface area contributed by atoms with Crippen molar-refractivity contribution in [2.24, 2.45) is 0 Å². The molecule has 1 fully saturated rings. The van der Waals surface area contributed by atoms with Crippen molar-refractivity contribution >= 4 is 11.6 Å². The minimum atomic E-state index is -4.59. The number of nitrogens with zero attached hydrogens (tertiary/aromatic N) is 4. The molecule has 10 heteroatoms. The summed E-state index contributed by atoms with van der Waals surface area (Å²) in [5.41, 5.74) is 0.842. The van der Waals surface area contributed by atoms with Gasteiger partial charge in [-0.1, -0.05) is 6.92 Å². The Balaban J connectivity index is 1.78. The average Bonchev–Trinajstić information content (AvgIpc) is 3.18. The fourth-order valence-electron chi connectivity index (χ4n) is 4.11. The standard InChI is InChI=1S/C22H24F3N5O2/c1-4-14-10-18(22(23,24)25)30-19(27-14)11-16(28-30)17-7-5-6-8-29(17)21(32)15-9-12(2)13(3)26-20(15)31/h9-11,17H,4-8H2,1-3H3,(H,26,31)/t17-/m1/s1. The maximum absolute atomic E-state index is 13.6. The largest absolute Gasteiger partial charge is 0.433 e. The van der Waals surface area contributed by atoms with Crippen molar-refractivity contribution in [2.75, 3.05) is 6.54 Å². The third kappa shape index (κ3) is 3.89. The summed E-state index contributed by atoms with van der Waals surface area (Å²) in [6, 6.07) is 3.53. The molecule has 0 radical (unpaired) electrons. The summed E-state index contributed by atoms with van der Waals surface area (Å²) in [6.45, 7) is 5.68. The monoisotopic (exact) mass is 447 g/mol. The highest BCUT2D eigenvalue weighted by atomic mass is 19.4. The first-order valence-corrected chi connectivity index (χ1v) is 10.6. The van der Waals surface area contributed by atoms with E-state index in [2.05, 4.69) is 15.1 Å². The first kappa shape index (κ1) is 22.0. The number of aromatic nitrogens is 4. The molecule has 0 unspecified atom stereocenters. The van der Waals surface area contributed by atoms with Crippen molar-refractivity contribution in [1.29, 1.82) is 0 Å². The van der Waals surface area contributed by atoms with E-state index in [1.807, 2.05) is 0 Å². The minimum Gasteiger partial charge on any atom is -0.330 e. The lowest BCUT2D eigenvalue weighted by Crippen LogP contribution is -2.41. The zero-order valence-corrected chi connectivity index (χ0v) is 18.1. The molecule has 1 amide bonds. The maximum atomic E-state index is 13.6. The van der Waals surface area contributed by atoms with E-state index in [-0.39, 0.29) is 11.2 Å². The van der Waals surface area contributed by atoms with E-state index < -0.39 is 29.4 Å². The molecule has 32 heavy (non-hydrogen) atoms. The molecule has 170 valence electrons. The Hall–Kier alpha value is -3.17. The number of hydrogen-bond acceptors (Lipinski definition) is 4. The van der Waals surface area contributed by atoms with Crippen molar-refractivity contribution < 1.29 is 18.0 Å². The van der Waals surface area contributed by atoms with Gasteiger partial charge in [0.15, 0.2) is 5.65 Å². The number of amides is 1. The molecule has 0 aliphatic carbocycles. The van der Waals surface area contributed by atoms with Crippen molar-refractivity contribution in [1.82, 2.24) is 24.5 Å². The van der Waals surface area contributed by atoms with Crippen LogP contribution >= 0.6 is 0 Å². The Morgan fingerprint density at radius 2 is 1.97 bits per heavy atom. The highest BCUT2D eigenvalue weighted by Gasteiger charge is 2.37. The van der Waals surface area contributed by atoms with Gasteiger partial charge >= 0.3 is 6.18 Å². The van der Waals surface area contributed by atoms with Crippen LogP contribution in [0.3, 0.4) is 0 Å². The van der Waals surface area contributed by atoms with Crippen LogP contribution in [0.15, 0.2) is 23.0 Å². The fraction of sp³-hybridized carbons (Fsp3) is 0.455. The van der Waals surface area contributed by atoms with Gasteiger partial charge in [0.05, 0.1) is 11.7 Å². The number of aryl methyl sites for hydroxylation is 3. The second-order valence-corrected chi connectivity index (χ2v) is 8.15. The van der Waals surface area contributed by atoms with Crippen LogP contribution < -0.4 is 5.56 Å². The van der Waals surface area contributed by atoms with Gasteiger partial charge < -0.3 is 9.88 Å². The van der Waals surface area contributed by atoms with E-state index in [4.69, 9.17) is 0 Å². The van der Waals surface area contributed by atoms with Crippen LogP contribution in [0.4, 0.5) is 13.2 Å². The smallest absolute Gasteiger partial charge is 0.330 e. The third-order valence-corrected chi connectivity index (χ3v) is 5.99. The van der Waals surface area contributed by atoms with Crippen LogP contribution in [-0.4, -0.2) is 36.9 Å². The van der Waals surface area contributed by atoms with Gasteiger partial charge in [-0.05, 0) is 57.2 Å². The number of carbonyl (C=O) groups excluding carboxylic acids is 1. The average molecular weight is 447 g/mol. The van der Waals surface area contributed by atoms with Gasteiger partial charge in [-0.15, -0.1) is 0 Å². The van der Waals surface area contributed by atoms with E-state index in [1.54, 1.807) is 31.7 Å². The maximum Gasteiger partial charge on any atom is 0.433 e. The number of halogens is 3. The molecule has 4 rings (SSSR count). The Morgan fingerprint density at radius 1 is 1.22 bits per heavy atom. The van der Waals surface area contributed by atoms with Crippen LogP contribution in [0.2, 0.25) is 0 Å². The number of piperidine rings is 1. The third-order valence-electron chi connectivity index (χ3n) is 5.99. The van der Waals surface area contributed by atoms with E-state index in [0.717, 1.165) is 29.0 Å². The zero-order valence-electron chi connectivity index (χ0n) is 18.1. The van der Waals surface area contributed by atoms with E-state index >= 15 is 0 Å². The Morgan fingerprint density at radius 3 is 2.66 bits per heavy atom. The van der Waals surface area contributed by atoms with Gasteiger partial charge in [-0.3, -0.25) is 9.59 Å². The van der Waals surface area contributed by atoms with Crippen LogP contribution in [0.1, 0.15) is 70.9 Å². The highest BCUT2D eigenvalue weighted by Crippen LogP contribution is 2.34. The van der Waals surface area contributed by atoms with Gasteiger partial charge in [0.2, 0.25) is 0 Å². The minimum absolute atomic E-state index is 0.0196. The van der Waals surface area contributed by atoms with Crippen LogP contribution in [0, 0.1) is 13.8 Å². The molecule has 1 aliphatic rings. The number of rotatable bonds is 3. The molecule has 0 saturated carbocycles. The molecule has 1 aliphatic heterocycles. The zero-order chi connectivity index (χ0) is 23.2. The number of hydrogen-bond donors (Lipinski definition) is 1. The molecule has 0 bridgehead atoms. The van der Waals surface area contributed by atoms with Crippen LogP contribution in [0.25, 0.3) is 5.65 Å². The molecule has 3 aromatic rings. The molecule has 1 saturated heterocycles. The number of pyridine rings is 1. The summed E-state index contributed by atoms with van der Waals surface area (Å²) >= 11 is 0. The normalized spacial score (nSPS) is 17.2. The first-order valence-electron chi connectivity index (χ1n) is 10.6. The predicted molar refractivity (Wildman–Crippen MR) is 112 cm³/mol. The molecule has 1 atom stereocenters. The molecular formula is C22H24F3N5O2. The molecule has 3 aromatic heterocycles. The van der Waals surface area contributed by atoms with E-state index in [1.165, 1.54) is 6.07 Å². The van der Waals surface area contributed by atoms with E-state index in [0.29, 0.717) is 36.5 Å². The van der Waals surface area contributed by atoms with Gasteiger partial charge in [-0.2, -0.15) is 18.3 Å². The van der Waals surface area contributed by atoms with Crippen molar-refractivity contribution in [2.45, 2.75) is 58.7 Å². The quantitative estimate of drug-likeness (QED) is 0.658. The Kier molecular flexibility index (Phi) is 5.56. The van der Waals surface area contributed by atoms with Gasteiger partial charge in [0.1, 0.15) is 11.3 Å². The summed E-state index contributed by atoms with van der Waals surface area (Å²) in [5, 5.41) is 4.21. The van der Waals surface area contributed by atoms with Gasteiger partial charge in [-0.25, -0.2) is 9.50 Å². The summed E-state index contributed by atoms with van der Waals surface area (Å²) < 4.78 is 41.7. The molecule has 4 heterocycles.